The molecule has 0 radical (unpaired) electrons. The van der Waals surface area contributed by atoms with E-state index >= 15 is 0 Å². The minimum absolute atomic E-state index is 0.182. The van der Waals surface area contributed by atoms with Crippen molar-refractivity contribution < 1.29 is 47.6 Å². The zero-order valence-electron chi connectivity index (χ0n) is 16.9. The predicted molar refractivity (Wildman–Crippen MR) is 106 cm³/mol. The molecule has 0 aromatic heterocycles. The SMILES string of the molecule is OP(O)O[C@@H]([C@H](OP(O)O)[C@H]1COC2(CCCCC2)O1)[C@H]1COC2(CCCCC2)O1. The van der Waals surface area contributed by atoms with Gasteiger partial charge in [0.05, 0.1) is 13.2 Å². The van der Waals surface area contributed by atoms with Crippen LogP contribution in [-0.2, 0) is 28.0 Å². The normalized spacial score (nSPS) is 33.0. The zero-order chi connectivity index (χ0) is 21.2. The van der Waals surface area contributed by atoms with Crippen LogP contribution in [-0.4, -0.2) is 68.8 Å². The highest BCUT2D eigenvalue weighted by Gasteiger charge is 2.53. The fraction of sp³-hybridized carbons (Fsp3) is 1.00. The van der Waals surface area contributed by atoms with Gasteiger partial charge < -0.3 is 47.6 Å². The molecule has 10 nitrogen and oxygen atoms in total. The van der Waals surface area contributed by atoms with Gasteiger partial charge in [0.15, 0.2) is 11.6 Å². The van der Waals surface area contributed by atoms with Crippen LogP contribution in [0, 0.1) is 0 Å². The monoisotopic (exact) mass is 470 g/mol. The predicted octanol–water partition coefficient (Wildman–Crippen LogP) is 2.33. The van der Waals surface area contributed by atoms with Gasteiger partial charge in [0, 0.05) is 25.7 Å². The van der Waals surface area contributed by atoms with Crippen molar-refractivity contribution in [2.24, 2.45) is 0 Å². The van der Waals surface area contributed by atoms with E-state index in [4.69, 9.17) is 28.0 Å². The first-order chi connectivity index (χ1) is 14.4. The Balaban J connectivity index is 1.51. The summed E-state index contributed by atoms with van der Waals surface area (Å²) in [7, 11) is -5.50. The molecule has 2 saturated heterocycles. The van der Waals surface area contributed by atoms with Gasteiger partial charge in [-0.2, -0.15) is 0 Å². The van der Waals surface area contributed by atoms with E-state index in [1.165, 1.54) is 0 Å². The van der Waals surface area contributed by atoms with Gasteiger partial charge in [-0.15, -0.1) is 0 Å². The van der Waals surface area contributed by atoms with Crippen LogP contribution >= 0.6 is 17.2 Å². The molecule has 0 aromatic rings. The molecule has 174 valence electrons. The van der Waals surface area contributed by atoms with Crippen molar-refractivity contribution in [3.8, 4) is 0 Å². The molecule has 12 heteroatoms. The van der Waals surface area contributed by atoms with Crippen molar-refractivity contribution in [3.05, 3.63) is 0 Å². The lowest BCUT2D eigenvalue weighted by Gasteiger charge is -2.37. The molecule has 2 aliphatic heterocycles. The van der Waals surface area contributed by atoms with Crippen molar-refractivity contribution in [2.75, 3.05) is 13.2 Å². The summed E-state index contributed by atoms with van der Waals surface area (Å²) in [6, 6.07) is 0. The van der Waals surface area contributed by atoms with Gasteiger partial charge >= 0.3 is 17.2 Å². The van der Waals surface area contributed by atoms with Gasteiger partial charge in [0.2, 0.25) is 0 Å². The fourth-order valence-electron chi connectivity index (χ4n) is 5.08. The van der Waals surface area contributed by atoms with E-state index in [1.807, 2.05) is 0 Å². The van der Waals surface area contributed by atoms with E-state index in [9.17, 15) is 19.6 Å². The average molecular weight is 470 g/mol. The highest BCUT2D eigenvalue weighted by molar-refractivity contribution is 7.39. The lowest BCUT2D eigenvalue weighted by Crippen LogP contribution is -2.49. The molecule has 2 saturated carbocycles. The highest BCUT2D eigenvalue weighted by atomic mass is 31.2. The average Bonchev–Trinajstić information content (AvgIpc) is 3.30. The summed E-state index contributed by atoms with van der Waals surface area (Å²) in [6.07, 6.45) is 5.86. The second-order valence-electron chi connectivity index (χ2n) is 8.52. The first-order valence-corrected chi connectivity index (χ1v) is 13.1. The van der Waals surface area contributed by atoms with E-state index < -0.39 is 53.2 Å². The highest BCUT2D eigenvalue weighted by Crippen LogP contribution is 2.46. The molecule has 2 spiro atoms. The van der Waals surface area contributed by atoms with Crippen LogP contribution in [0.15, 0.2) is 0 Å². The van der Waals surface area contributed by atoms with Crippen molar-refractivity contribution in [3.63, 3.8) is 0 Å². The summed E-state index contributed by atoms with van der Waals surface area (Å²) >= 11 is 0. The van der Waals surface area contributed by atoms with Crippen molar-refractivity contribution in [1.82, 2.24) is 0 Å². The van der Waals surface area contributed by atoms with Crippen LogP contribution < -0.4 is 0 Å². The molecule has 0 amide bonds. The van der Waals surface area contributed by atoms with Gasteiger partial charge in [-0.3, -0.25) is 0 Å². The quantitative estimate of drug-likeness (QED) is 0.411. The summed E-state index contributed by atoms with van der Waals surface area (Å²) in [5.41, 5.74) is 0. The summed E-state index contributed by atoms with van der Waals surface area (Å²) in [4.78, 5) is 38.4. The largest absolute Gasteiger partial charge is 0.347 e. The Hall–Kier alpha value is 0.460. The lowest BCUT2D eigenvalue weighted by atomic mass is 9.94. The van der Waals surface area contributed by atoms with Gasteiger partial charge in [0.1, 0.15) is 24.4 Å². The van der Waals surface area contributed by atoms with E-state index in [0.29, 0.717) is 0 Å². The second-order valence-corrected chi connectivity index (χ2v) is 9.96. The van der Waals surface area contributed by atoms with E-state index in [2.05, 4.69) is 0 Å². The summed E-state index contributed by atoms with van der Waals surface area (Å²) in [5, 5.41) is 0. The topological polar surface area (TPSA) is 136 Å². The maximum absolute atomic E-state index is 9.61. The summed E-state index contributed by atoms with van der Waals surface area (Å²) < 4.78 is 35.2. The number of hydrogen-bond acceptors (Lipinski definition) is 10. The molecule has 2 heterocycles. The van der Waals surface area contributed by atoms with E-state index in [1.54, 1.807) is 0 Å². The lowest BCUT2D eigenvalue weighted by molar-refractivity contribution is -0.213. The third kappa shape index (κ3) is 5.50. The molecule has 0 bridgehead atoms. The Kier molecular flexibility index (Phi) is 8.00. The molecule has 4 atom stereocenters. The molecule has 4 rings (SSSR count). The first-order valence-electron chi connectivity index (χ1n) is 10.7. The van der Waals surface area contributed by atoms with Crippen LogP contribution in [0.4, 0.5) is 0 Å². The first kappa shape index (κ1) is 23.6. The Morgan fingerprint density at radius 1 is 0.633 bits per heavy atom. The van der Waals surface area contributed by atoms with Crippen LogP contribution in [0.25, 0.3) is 0 Å². The Morgan fingerprint density at radius 2 is 1.00 bits per heavy atom. The van der Waals surface area contributed by atoms with Gasteiger partial charge in [-0.1, -0.05) is 12.8 Å². The smallest absolute Gasteiger partial charge is 0.327 e. The Labute approximate surface area is 178 Å². The van der Waals surface area contributed by atoms with Crippen LogP contribution in [0.1, 0.15) is 64.2 Å². The molecule has 4 aliphatic rings. The number of ether oxygens (including phenoxy) is 4. The molecule has 2 aliphatic carbocycles. The molecular formula is C18H32O10P2. The third-order valence-electron chi connectivity index (χ3n) is 6.47. The van der Waals surface area contributed by atoms with Crippen molar-refractivity contribution >= 4 is 17.2 Å². The molecular weight excluding hydrogens is 438 g/mol. The fourth-order valence-corrected chi connectivity index (χ4v) is 6.03. The molecule has 0 aromatic carbocycles. The van der Waals surface area contributed by atoms with Crippen LogP contribution in [0.3, 0.4) is 0 Å². The minimum Gasteiger partial charge on any atom is -0.347 e. The molecule has 0 unspecified atom stereocenters. The Morgan fingerprint density at radius 3 is 1.33 bits per heavy atom. The minimum atomic E-state index is -2.75. The summed E-state index contributed by atoms with van der Waals surface area (Å²) in [5.74, 6) is -1.41. The molecule has 4 N–H and O–H groups in total. The maximum Gasteiger partial charge on any atom is 0.327 e. The standard InChI is InChI=1S/C18H32O10P2/c19-29(20)27-15(13-11-23-17(25-13)7-3-1-4-8-17)16(28-30(21)22)14-12-24-18(26-14)9-5-2-6-10-18/h13-16,19-22H,1-12H2/t13-,14-,15-,16-/m1/s1. The zero-order valence-corrected chi connectivity index (χ0v) is 18.7. The van der Waals surface area contributed by atoms with Crippen molar-refractivity contribution in [2.45, 2.75) is 100 Å². The summed E-state index contributed by atoms with van der Waals surface area (Å²) in [6.45, 7) is 0.363. The van der Waals surface area contributed by atoms with Crippen LogP contribution in [0.2, 0.25) is 0 Å². The van der Waals surface area contributed by atoms with E-state index in [-0.39, 0.29) is 13.2 Å². The van der Waals surface area contributed by atoms with Gasteiger partial charge in [-0.25, -0.2) is 0 Å². The number of rotatable bonds is 7. The van der Waals surface area contributed by atoms with Crippen molar-refractivity contribution in [1.29, 1.82) is 0 Å². The Bertz CT molecular complexity index is 505. The maximum atomic E-state index is 9.61. The molecule has 4 fully saturated rings. The third-order valence-corrected chi connectivity index (χ3v) is 7.34. The molecule has 30 heavy (non-hydrogen) atoms. The second kappa shape index (κ2) is 10.2. The van der Waals surface area contributed by atoms with Gasteiger partial charge in [0.25, 0.3) is 0 Å². The van der Waals surface area contributed by atoms with Gasteiger partial charge in [-0.05, 0) is 25.7 Å². The number of hydrogen-bond donors (Lipinski definition) is 4. The van der Waals surface area contributed by atoms with Crippen LogP contribution in [0.5, 0.6) is 0 Å². The van der Waals surface area contributed by atoms with E-state index in [0.717, 1.165) is 64.2 Å².